The van der Waals surface area contributed by atoms with Crippen molar-refractivity contribution in [2.24, 2.45) is 5.92 Å². The summed E-state index contributed by atoms with van der Waals surface area (Å²) in [6, 6.07) is 0. The van der Waals surface area contributed by atoms with E-state index in [-0.39, 0.29) is 0 Å². The number of carbonyl (C=O) groups is 1. The Morgan fingerprint density at radius 2 is 2.33 bits per heavy atom. The van der Waals surface area contributed by atoms with E-state index in [9.17, 15) is 4.79 Å². The van der Waals surface area contributed by atoms with E-state index in [1.165, 1.54) is 0 Å². The van der Waals surface area contributed by atoms with Crippen LogP contribution in [0.1, 0.15) is 26.2 Å². The zero-order chi connectivity index (χ0) is 6.69. The molecule has 1 heteroatoms. The standard InChI is InChI=1S/C8H12O/c1-7(9)8-5-3-2-4-6-8/h2-3,8H,4-6H2,1H3/t8-/m0/s1. The second-order valence-electron chi connectivity index (χ2n) is 2.59. The van der Waals surface area contributed by atoms with Crippen LogP contribution in [0.25, 0.3) is 0 Å². The monoisotopic (exact) mass is 124 g/mol. The zero-order valence-electron chi connectivity index (χ0n) is 5.76. The topological polar surface area (TPSA) is 17.1 Å². The van der Waals surface area contributed by atoms with Crippen LogP contribution in [0, 0.1) is 5.92 Å². The summed E-state index contributed by atoms with van der Waals surface area (Å²) in [6.07, 6.45) is 7.38. The Bertz CT molecular complexity index is 136. The Kier molecular flexibility index (Phi) is 2.04. The van der Waals surface area contributed by atoms with Gasteiger partial charge in [0.2, 0.25) is 0 Å². The minimum Gasteiger partial charge on any atom is -0.300 e. The Morgan fingerprint density at radius 3 is 2.67 bits per heavy atom. The first kappa shape index (κ1) is 6.53. The minimum atomic E-state index is 0.329. The summed E-state index contributed by atoms with van der Waals surface area (Å²) in [5.41, 5.74) is 0. The van der Waals surface area contributed by atoms with Gasteiger partial charge in [0.25, 0.3) is 0 Å². The van der Waals surface area contributed by atoms with Crippen molar-refractivity contribution in [2.75, 3.05) is 0 Å². The minimum absolute atomic E-state index is 0.329. The number of ketones is 1. The average Bonchev–Trinajstić information content (AvgIpc) is 1.90. The summed E-state index contributed by atoms with van der Waals surface area (Å²) in [5, 5.41) is 0. The Morgan fingerprint density at radius 1 is 1.56 bits per heavy atom. The SMILES string of the molecule is CC(=O)[C@H]1CC=CCC1. The average molecular weight is 124 g/mol. The summed E-state index contributed by atoms with van der Waals surface area (Å²) in [7, 11) is 0. The molecule has 0 aromatic carbocycles. The van der Waals surface area contributed by atoms with E-state index in [1.54, 1.807) is 6.92 Å². The summed E-state index contributed by atoms with van der Waals surface area (Å²) in [5.74, 6) is 0.675. The predicted molar refractivity (Wildman–Crippen MR) is 37.2 cm³/mol. The Balaban J connectivity index is 2.44. The van der Waals surface area contributed by atoms with Crippen LogP contribution in [-0.2, 0) is 4.79 Å². The first-order valence-electron chi connectivity index (χ1n) is 3.46. The molecule has 1 rings (SSSR count). The van der Waals surface area contributed by atoms with Gasteiger partial charge in [-0.25, -0.2) is 0 Å². The van der Waals surface area contributed by atoms with Crippen molar-refractivity contribution < 1.29 is 4.79 Å². The lowest BCUT2D eigenvalue weighted by Gasteiger charge is -2.12. The molecule has 0 heterocycles. The van der Waals surface area contributed by atoms with Gasteiger partial charge < -0.3 is 0 Å². The molecule has 0 amide bonds. The number of rotatable bonds is 1. The zero-order valence-corrected chi connectivity index (χ0v) is 5.76. The van der Waals surface area contributed by atoms with E-state index in [0.717, 1.165) is 19.3 Å². The van der Waals surface area contributed by atoms with Crippen molar-refractivity contribution in [2.45, 2.75) is 26.2 Å². The molecule has 0 radical (unpaired) electrons. The molecular formula is C8H12O. The fourth-order valence-electron chi connectivity index (χ4n) is 1.16. The summed E-state index contributed by atoms with van der Waals surface area (Å²) >= 11 is 0. The van der Waals surface area contributed by atoms with Gasteiger partial charge in [-0.2, -0.15) is 0 Å². The fraction of sp³-hybridized carbons (Fsp3) is 0.625. The summed E-state index contributed by atoms with van der Waals surface area (Å²) in [4.78, 5) is 10.8. The van der Waals surface area contributed by atoms with Gasteiger partial charge in [-0.1, -0.05) is 12.2 Å². The van der Waals surface area contributed by atoms with Gasteiger partial charge in [-0.05, 0) is 26.2 Å². The molecule has 0 N–H and O–H groups in total. The number of Topliss-reactive ketones (excluding diaryl/α,β-unsaturated/α-hetero) is 1. The fourth-order valence-corrected chi connectivity index (χ4v) is 1.16. The van der Waals surface area contributed by atoms with Crippen LogP contribution in [0.5, 0.6) is 0 Å². The van der Waals surface area contributed by atoms with Gasteiger partial charge in [0, 0.05) is 5.92 Å². The molecule has 0 bridgehead atoms. The third kappa shape index (κ3) is 1.67. The van der Waals surface area contributed by atoms with Crippen LogP contribution in [0.2, 0.25) is 0 Å². The van der Waals surface area contributed by atoms with Crippen molar-refractivity contribution in [1.29, 1.82) is 0 Å². The smallest absolute Gasteiger partial charge is 0.133 e. The third-order valence-electron chi connectivity index (χ3n) is 1.84. The normalized spacial score (nSPS) is 26.1. The van der Waals surface area contributed by atoms with E-state index in [0.29, 0.717) is 11.7 Å². The molecule has 1 aliphatic rings. The molecule has 0 spiro atoms. The van der Waals surface area contributed by atoms with Gasteiger partial charge in [0.15, 0.2) is 0 Å². The van der Waals surface area contributed by atoms with Crippen LogP contribution >= 0.6 is 0 Å². The van der Waals surface area contributed by atoms with E-state index >= 15 is 0 Å². The maximum atomic E-state index is 10.8. The summed E-state index contributed by atoms with van der Waals surface area (Å²) < 4.78 is 0. The van der Waals surface area contributed by atoms with Gasteiger partial charge in [0.05, 0.1) is 0 Å². The molecular weight excluding hydrogens is 112 g/mol. The molecule has 1 aliphatic carbocycles. The Hall–Kier alpha value is -0.590. The van der Waals surface area contributed by atoms with Gasteiger partial charge in [0.1, 0.15) is 5.78 Å². The van der Waals surface area contributed by atoms with Gasteiger partial charge >= 0.3 is 0 Å². The molecule has 1 nitrogen and oxygen atoms in total. The molecule has 0 unspecified atom stereocenters. The summed E-state index contributed by atoms with van der Waals surface area (Å²) in [6.45, 7) is 1.68. The highest BCUT2D eigenvalue weighted by molar-refractivity contribution is 5.78. The third-order valence-corrected chi connectivity index (χ3v) is 1.84. The second-order valence-corrected chi connectivity index (χ2v) is 2.59. The van der Waals surface area contributed by atoms with Crippen LogP contribution in [-0.4, -0.2) is 5.78 Å². The first-order chi connectivity index (χ1) is 4.30. The van der Waals surface area contributed by atoms with Crippen LogP contribution < -0.4 is 0 Å². The number of hydrogen-bond acceptors (Lipinski definition) is 1. The van der Waals surface area contributed by atoms with Crippen LogP contribution in [0.4, 0.5) is 0 Å². The molecule has 0 aliphatic heterocycles. The molecule has 9 heavy (non-hydrogen) atoms. The lowest BCUT2D eigenvalue weighted by molar-refractivity contribution is -0.120. The van der Waals surface area contributed by atoms with Crippen LogP contribution in [0.3, 0.4) is 0 Å². The predicted octanol–water partition coefficient (Wildman–Crippen LogP) is 1.93. The van der Waals surface area contributed by atoms with Crippen molar-refractivity contribution in [3.8, 4) is 0 Å². The first-order valence-corrected chi connectivity index (χ1v) is 3.46. The molecule has 0 saturated heterocycles. The van der Waals surface area contributed by atoms with E-state index in [1.807, 2.05) is 0 Å². The number of hydrogen-bond donors (Lipinski definition) is 0. The maximum Gasteiger partial charge on any atom is 0.133 e. The van der Waals surface area contributed by atoms with Crippen molar-refractivity contribution >= 4 is 5.78 Å². The van der Waals surface area contributed by atoms with E-state index in [2.05, 4.69) is 12.2 Å². The number of carbonyl (C=O) groups excluding carboxylic acids is 1. The number of allylic oxidation sites excluding steroid dienone is 2. The highest BCUT2D eigenvalue weighted by Gasteiger charge is 2.13. The molecule has 0 fully saturated rings. The van der Waals surface area contributed by atoms with Crippen molar-refractivity contribution in [3.63, 3.8) is 0 Å². The molecule has 0 aromatic rings. The lowest BCUT2D eigenvalue weighted by Crippen LogP contribution is -2.11. The largest absolute Gasteiger partial charge is 0.300 e. The molecule has 1 atom stereocenters. The van der Waals surface area contributed by atoms with E-state index < -0.39 is 0 Å². The maximum absolute atomic E-state index is 10.8. The van der Waals surface area contributed by atoms with Crippen molar-refractivity contribution in [3.05, 3.63) is 12.2 Å². The second kappa shape index (κ2) is 2.81. The van der Waals surface area contributed by atoms with Gasteiger partial charge in [-0.3, -0.25) is 4.79 Å². The highest BCUT2D eigenvalue weighted by Crippen LogP contribution is 2.18. The Labute approximate surface area is 55.8 Å². The van der Waals surface area contributed by atoms with E-state index in [4.69, 9.17) is 0 Å². The van der Waals surface area contributed by atoms with Crippen LogP contribution in [0.15, 0.2) is 12.2 Å². The lowest BCUT2D eigenvalue weighted by atomic mass is 9.91. The van der Waals surface area contributed by atoms with Crippen molar-refractivity contribution in [1.82, 2.24) is 0 Å². The van der Waals surface area contributed by atoms with Gasteiger partial charge in [-0.15, -0.1) is 0 Å². The molecule has 50 valence electrons. The quantitative estimate of drug-likeness (QED) is 0.488. The molecule has 0 saturated carbocycles. The highest BCUT2D eigenvalue weighted by atomic mass is 16.1. The molecule has 0 aromatic heterocycles.